The third-order valence-electron chi connectivity index (χ3n) is 3.43. The first-order chi connectivity index (χ1) is 9.12. The zero-order valence-electron chi connectivity index (χ0n) is 12.8. The number of hydrogen-bond acceptors (Lipinski definition) is 3. The fourth-order valence-corrected chi connectivity index (χ4v) is 4.16. The Labute approximate surface area is 121 Å². The van der Waals surface area contributed by atoms with Crippen molar-refractivity contribution in [3.63, 3.8) is 0 Å². The fraction of sp³-hybridized carbons (Fsp3) is 0.600. The topological polar surface area (TPSA) is 46.6 Å². The van der Waals surface area contributed by atoms with Gasteiger partial charge in [0.05, 0.1) is 11.0 Å². The molecule has 1 heterocycles. The van der Waals surface area contributed by atoms with Crippen LogP contribution in [0.15, 0.2) is 29.2 Å². The Morgan fingerprint density at radius 1 is 1.20 bits per heavy atom. The number of aryl methyl sites for hydroxylation is 1. The summed E-state index contributed by atoms with van der Waals surface area (Å²) in [6.45, 7) is 10.2. The van der Waals surface area contributed by atoms with Crippen molar-refractivity contribution in [1.29, 1.82) is 0 Å². The maximum atomic E-state index is 12.8. The molecule has 1 aliphatic rings. The molecule has 0 aromatic heterocycles. The van der Waals surface area contributed by atoms with E-state index in [0.29, 0.717) is 11.4 Å². The van der Waals surface area contributed by atoms with Crippen LogP contribution in [-0.2, 0) is 14.8 Å². The van der Waals surface area contributed by atoms with Crippen molar-refractivity contribution in [3.05, 3.63) is 29.8 Å². The molecule has 1 aromatic carbocycles. The Balaban J connectivity index is 2.40. The van der Waals surface area contributed by atoms with E-state index in [4.69, 9.17) is 4.74 Å². The summed E-state index contributed by atoms with van der Waals surface area (Å²) < 4.78 is 32.9. The van der Waals surface area contributed by atoms with Gasteiger partial charge in [-0.3, -0.25) is 0 Å². The Hall–Kier alpha value is -0.910. The van der Waals surface area contributed by atoms with E-state index in [1.54, 1.807) is 12.1 Å². The summed E-state index contributed by atoms with van der Waals surface area (Å²) in [6, 6.07) is 6.96. The van der Waals surface area contributed by atoms with Gasteiger partial charge >= 0.3 is 0 Å². The third kappa shape index (κ3) is 2.90. The smallest absolute Gasteiger partial charge is 0.245 e. The number of sulfonamides is 1. The van der Waals surface area contributed by atoms with Crippen LogP contribution in [0.25, 0.3) is 0 Å². The lowest BCUT2D eigenvalue weighted by Crippen LogP contribution is -2.43. The maximum Gasteiger partial charge on any atom is 0.245 e. The molecule has 2 rings (SSSR count). The fourth-order valence-electron chi connectivity index (χ4n) is 2.39. The molecule has 0 aliphatic carbocycles. The molecule has 1 aromatic rings. The molecule has 0 radical (unpaired) electrons. The first-order valence-electron chi connectivity index (χ1n) is 6.86. The van der Waals surface area contributed by atoms with Crippen molar-refractivity contribution >= 4 is 10.0 Å². The highest BCUT2D eigenvalue weighted by atomic mass is 32.2. The van der Waals surface area contributed by atoms with Crippen LogP contribution in [0.3, 0.4) is 0 Å². The van der Waals surface area contributed by atoms with Crippen LogP contribution in [-0.4, -0.2) is 31.6 Å². The van der Waals surface area contributed by atoms with E-state index in [2.05, 4.69) is 0 Å². The van der Waals surface area contributed by atoms with Gasteiger partial charge in [0, 0.05) is 12.0 Å². The van der Waals surface area contributed by atoms with Gasteiger partial charge in [0.2, 0.25) is 10.0 Å². The zero-order chi connectivity index (χ0) is 15.1. The van der Waals surface area contributed by atoms with E-state index in [1.807, 2.05) is 46.8 Å². The summed E-state index contributed by atoms with van der Waals surface area (Å²) in [5.41, 5.74) is 0.782. The summed E-state index contributed by atoms with van der Waals surface area (Å²) in [4.78, 5) is 0.329. The summed E-state index contributed by atoms with van der Waals surface area (Å²) in [5, 5.41) is 0. The summed E-state index contributed by atoms with van der Waals surface area (Å²) in [7, 11) is -3.51. The standard InChI is InChI=1S/C15H23NO3S/c1-11-6-8-13(9-7-11)20(17,18)16-10-12(2)19-14(16)15(3,4)5/h6-9,12,14H,10H2,1-5H3/t12-,14+/m0/s1. The number of ether oxygens (including phenoxy) is 1. The van der Waals surface area contributed by atoms with E-state index >= 15 is 0 Å². The zero-order valence-corrected chi connectivity index (χ0v) is 13.6. The van der Waals surface area contributed by atoms with E-state index in [-0.39, 0.29) is 11.5 Å². The summed E-state index contributed by atoms with van der Waals surface area (Å²) >= 11 is 0. The SMILES string of the molecule is Cc1ccc(S(=O)(=O)N2C[C@H](C)O[C@@H]2C(C)(C)C)cc1. The largest absolute Gasteiger partial charge is 0.357 e. The highest BCUT2D eigenvalue weighted by molar-refractivity contribution is 7.89. The van der Waals surface area contributed by atoms with Crippen LogP contribution < -0.4 is 0 Å². The third-order valence-corrected chi connectivity index (χ3v) is 5.25. The molecule has 0 spiro atoms. The molecule has 4 nitrogen and oxygen atoms in total. The lowest BCUT2D eigenvalue weighted by Gasteiger charge is -2.32. The molecule has 0 amide bonds. The number of hydrogen-bond donors (Lipinski definition) is 0. The van der Waals surface area contributed by atoms with Crippen molar-refractivity contribution in [3.8, 4) is 0 Å². The van der Waals surface area contributed by atoms with Crippen LogP contribution in [0.1, 0.15) is 33.3 Å². The minimum Gasteiger partial charge on any atom is -0.357 e. The second-order valence-corrected chi connectivity index (χ2v) is 8.44. The van der Waals surface area contributed by atoms with Crippen molar-refractivity contribution in [2.45, 2.75) is 51.8 Å². The lowest BCUT2D eigenvalue weighted by atomic mass is 9.94. The molecular weight excluding hydrogens is 274 g/mol. The molecule has 0 N–H and O–H groups in total. The molecule has 5 heteroatoms. The lowest BCUT2D eigenvalue weighted by molar-refractivity contribution is -0.0408. The Morgan fingerprint density at radius 2 is 1.75 bits per heavy atom. The molecule has 1 fully saturated rings. The van der Waals surface area contributed by atoms with Gasteiger partial charge in [0.15, 0.2) is 0 Å². The van der Waals surface area contributed by atoms with Gasteiger partial charge in [-0.05, 0) is 26.0 Å². The van der Waals surface area contributed by atoms with E-state index in [1.165, 1.54) is 4.31 Å². The summed E-state index contributed by atoms with van der Waals surface area (Å²) in [5.74, 6) is 0. The second kappa shape index (κ2) is 5.13. The van der Waals surface area contributed by atoms with E-state index in [0.717, 1.165) is 5.56 Å². The molecule has 0 bridgehead atoms. The van der Waals surface area contributed by atoms with Gasteiger partial charge in [0.25, 0.3) is 0 Å². The first-order valence-corrected chi connectivity index (χ1v) is 8.30. The second-order valence-electron chi connectivity index (χ2n) is 6.55. The molecule has 112 valence electrons. The van der Waals surface area contributed by atoms with Gasteiger partial charge in [0.1, 0.15) is 6.23 Å². The van der Waals surface area contributed by atoms with Crippen LogP contribution in [0.5, 0.6) is 0 Å². The van der Waals surface area contributed by atoms with Crippen LogP contribution in [0.4, 0.5) is 0 Å². The Kier molecular flexibility index (Phi) is 3.97. The molecule has 0 unspecified atom stereocenters. The van der Waals surface area contributed by atoms with Crippen LogP contribution in [0, 0.1) is 12.3 Å². The van der Waals surface area contributed by atoms with E-state index < -0.39 is 16.3 Å². The van der Waals surface area contributed by atoms with Gasteiger partial charge in [-0.25, -0.2) is 8.42 Å². The summed E-state index contributed by atoms with van der Waals surface area (Å²) in [6.07, 6.45) is -0.511. The van der Waals surface area contributed by atoms with Crippen molar-refractivity contribution in [1.82, 2.24) is 4.31 Å². The van der Waals surface area contributed by atoms with Crippen molar-refractivity contribution in [2.75, 3.05) is 6.54 Å². The number of rotatable bonds is 2. The minimum absolute atomic E-state index is 0.0838. The van der Waals surface area contributed by atoms with Gasteiger partial charge in [-0.1, -0.05) is 38.5 Å². The minimum atomic E-state index is -3.51. The Morgan fingerprint density at radius 3 is 2.25 bits per heavy atom. The van der Waals surface area contributed by atoms with Crippen LogP contribution in [0.2, 0.25) is 0 Å². The van der Waals surface area contributed by atoms with Gasteiger partial charge in [-0.15, -0.1) is 0 Å². The van der Waals surface area contributed by atoms with Gasteiger partial charge in [-0.2, -0.15) is 4.31 Å². The normalized spacial score (nSPS) is 25.1. The Bertz CT molecular complexity index is 572. The molecule has 1 aliphatic heterocycles. The quantitative estimate of drug-likeness (QED) is 0.843. The number of benzene rings is 1. The van der Waals surface area contributed by atoms with Crippen LogP contribution >= 0.6 is 0 Å². The highest BCUT2D eigenvalue weighted by Gasteiger charge is 2.45. The molecular formula is C15H23NO3S. The average molecular weight is 297 g/mol. The molecule has 20 heavy (non-hydrogen) atoms. The number of nitrogens with zero attached hydrogens (tertiary/aromatic N) is 1. The highest BCUT2D eigenvalue weighted by Crippen LogP contribution is 2.35. The maximum absolute atomic E-state index is 12.8. The monoisotopic (exact) mass is 297 g/mol. The van der Waals surface area contributed by atoms with Gasteiger partial charge < -0.3 is 4.74 Å². The first kappa shape index (κ1) is 15.5. The predicted molar refractivity (Wildman–Crippen MR) is 78.9 cm³/mol. The molecule has 1 saturated heterocycles. The average Bonchev–Trinajstić information content (AvgIpc) is 2.72. The molecule has 2 atom stereocenters. The van der Waals surface area contributed by atoms with Crippen molar-refractivity contribution in [2.24, 2.45) is 5.41 Å². The van der Waals surface area contributed by atoms with E-state index in [9.17, 15) is 8.42 Å². The van der Waals surface area contributed by atoms with Crippen molar-refractivity contribution < 1.29 is 13.2 Å². The molecule has 0 saturated carbocycles. The predicted octanol–water partition coefficient (Wildman–Crippen LogP) is 2.78.